The zero-order valence-electron chi connectivity index (χ0n) is 21.5. The van der Waals surface area contributed by atoms with Crippen LogP contribution in [-0.4, -0.2) is 45.8 Å². The molecule has 2 fully saturated rings. The number of phenolic OH excluding ortho intramolecular Hbond substituents is 1. The van der Waals surface area contributed by atoms with Crippen molar-refractivity contribution in [3.63, 3.8) is 0 Å². The number of carbonyl (C=O) groups excluding carboxylic acids is 1. The van der Waals surface area contributed by atoms with E-state index in [1.165, 1.54) is 6.07 Å². The van der Waals surface area contributed by atoms with Crippen molar-refractivity contribution in [3.8, 4) is 22.9 Å². The maximum atomic E-state index is 13.2. The molecule has 4 N–H and O–H groups in total. The van der Waals surface area contributed by atoms with E-state index in [2.05, 4.69) is 15.1 Å². The molecule has 2 aliphatic rings. The molecular weight excluding hydrogens is 623 g/mol. The molecule has 0 aliphatic heterocycles. The Bertz CT molecular complexity index is 1770. The minimum Gasteiger partial charge on any atom is -0.507 e. The van der Waals surface area contributed by atoms with Crippen molar-refractivity contribution in [2.24, 2.45) is 0 Å². The van der Waals surface area contributed by atoms with Crippen LogP contribution in [-0.2, 0) is 14.8 Å². The number of alkyl halides is 2. The molecule has 1 amide bonds. The zero-order valence-corrected chi connectivity index (χ0v) is 23.8. The predicted octanol–water partition coefficient (Wildman–Crippen LogP) is 3.53. The number of aromatic amines is 1. The molecule has 42 heavy (non-hydrogen) atoms. The van der Waals surface area contributed by atoms with Crippen LogP contribution in [0.5, 0.6) is 17.2 Å². The van der Waals surface area contributed by atoms with Crippen molar-refractivity contribution < 1.29 is 31.8 Å². The summed E-state index contributed by atoms with van der Waals surface area (Å²) < 4.78 is 61.3. The summed E-state index contributed by atoms with van der Waals surface area (Å²) in [5.74, 6) is -1.34. The first-order valence-corrected chi connectivity index (χ1v) is 14.9. The van der Waals surface area contributed by atoms with Gasteiger partial charge >= 0.3 is 5.69 Å². The largest absolute Gasteiger partial charge is 0.507 e. The number of rotatable bonds is 9. The molecular formula is C25H23Cl2F2N5O7S. The molecule has 5 rings (SSSR count). The summed E-state index contributed by atoms with van der Waals surface area (Å²) in [6.45, 7) is 0. The van der Waals surface area contributed by atoms with Gasteiger partial charge in [0.15, 0.2) is 11.4 Å². The van der Waals surface area contributed by atoms with Crippen LogP contribution >= 0.6 is 23.2 Å². The van der Waals surface area contributed by atoms with Crippen molar-refractivity contribution >= 4 is 39.1 Å². The summed E-state index contributed by atoms with van der Waals surface area (Å²) in [7, 11) is -4.41. The quantitative estimate of drug-likeness (QED) is 0.273. The minimum absolute atomic E-state index is 0.00422. The first-order valence-electron chi connectivity index (χ1n) is 12.7. The zero-order chi connectivity index (χ0) is 30.4. The number of aromatic hydroxyl groups is 1. The monoisotopic (exact) mass is 645 g/mol. The first kappa shape index (κ1) is 29.9. The number of nitrogens with zero attached hydrogens (tertiary/aromatic N) is 2. The third-order valence-corrected chi connectivity index (χ3v) is 9.06. The summed E-state index contributed by atoms with van der Waals surface area (Å²) in [5.41, 5.74) is -5.16. The van der Waals surface area contributed by atoms with Gasteiger partial charge in [-0.3, -0.25) is 14.6 Å². The van der Waals surface area contributed by atoms with E-state index < -0.39 is 55.5 Å². The molecule has 2 aromatic carbocycles. The Labute approximate surface area is 246 Å². The van der Waals surface area contributed by atoms with E-state index in [9.17, 15) is 36.7 Å². The molecule has 2 aliphatic carbocycles. The maximum absolute atomic E-state index is 13.2. The smallest absolute Gasteiger partial charge is 0.349 e. The van der Waals surface area contributed by atoms with Gasteiger partial charge in [0, 0.05) is 12.1 Å². The van der Waals surface area contributed by atoms with Crippen LogP contribution < -0.4 is 26.0 Å². The van der Waals surface area contributed by atoms with Crippen molar-refractivity contribution in [2.45, 2.75) is 61.4 Å². The Balaban J connectivity index is 1.40. The Kier molecular flexibility index (Phi) is 8.04. The van der Waals surface area contributed by atoms with Crippen LogP contribution in [0.3, 0.4) is 0 Å². The molecule has 12 nitrogen and oxygen atoms in total. The lowest BCUT2D eigenvalue weighted by Gasteiger charge is -2.21. The molecule has 224 valence electrons. The lowest BCUT2D eigenvalue weighted by molar-refractivity contribution is -0.124. The highest BCUT2D eigenvalue weighted by Gasteiger charge is 2.53. The number of ether oxygens (including phenoxy) is 1. The van der Waals surface area contributed by atoms with Crippen molar-refractivity contribution in [2.75, 3.05) is 0 Å². The van der Waals surface area contributed by atoms with E-state index in [0.29, 0.717) is 17.5 Å². The number of halogens is 4. The summed E-state index contributed by atoms with van der Waals surface area (Å²) in [6, 6.07) is 5.50. The number of phenols is 1. The normalized spacial score (nSPS) is 16.5. The number of sulfonamides is 1. The lowest BCUT2D eigenvalue weighted by atomic mass is 10.2. The fourth-order valence-corrected chi connectivity index (χ4v) is 6.68. The summed E-state index contributed by atoms with van der Waals surface area (Å²) in [6.07, 6.45) is 0.967. The first-order chi connectivity index (χ1) is 19.8. The molecule has 0 bridgehead atoms. The third kappa shape index (κ3) is 6.00. The highest BCUT2D eigenvalue weighted by molar-refractivity contribution is 7.89. The van der Waals surface area contributed by atoms with Crippen LogP contribution in [0.4, 0.5) is 8.78 Å². The summed E-state index contributed by atoms with van der Waals surface area (Å²) in [5, 5.41) is 16.2. The van der Waals surface area contributed by atoms with E-state index in [1.807, 2.05) is 0 Å². The van der Waals surface area contributed by atoms with E-state index in [1.54, 1.807) is 4.98 Å². The standard InChI is InChI=1S/C25H23Cl2F2N5O7S/c26-15-9-13(34-24(38)31-22(36)19(32-34)21(28)29)10-16(27)20(15)41-14-5-6-17(35)18(11-14)42(39,40)33-25(7-8-25)23(37)30-12-3-1-2-4-12/h5-6,9-12,21,33,35H,1-4,7-8H2,(H,30,37)(H,31,36,38). The van der Waals surface area contributed by atoms with Crippen molar-refractivity contribution in [1.29, 1.82) is 0 Å². The number of H-pyrrole nitrogens is 1. The average molecular weight is 646 g/mol. The number of nitrogens with one attached hydrogen (secondary N) is 3. The number of hydrogen-bond acceptors (Lipinski definition) is 8. The van der Waals surface area contributed by atoms with E-state index >= 15 is 0 Å². The van der Waals surface area contributed by atoms with Crippen LogP contribution in [0.2, 0.25) is 10.0 Å². The van der Waals surface area contributed by atoms with Gasteiger partial charge in [-0.05, 0) is 49.9 Å². The molecule has 0 atom stereocenters. The van der Waals surface area contributed by atoms with Gasteiger partial charge in [0.1, 0.15) is 21.9 Å². The number of carbonyl (C=O) groups is 1. The maximum Gasteiger partial charge on any atom is 0.349 e. The Morgan fingerprint density at radius 1 is 1.14 bits per heavy atom. The molecule has 1 heterocycles. The van der Waals surface area contributed by atoms with Crippen LogP contribution in [0.25, 0.3) is 5.69 Å². The van der Waals surface area contributed by atoms with Crippen molar-refractivity contribution in [3.05, 3.63) is 66.9 Å². The second-order valence-corrected chi connectivity index (χ2v) is 12.4. The number of aromatic nitrogens is 3. The molecule has 0 unspecified atom stereocenters. The fourth-order valence-electron chi connectivity index (χ4n) is 4.59. The van der Waals surface area contributed by atoms with E-state index in [0.717, 1.165) is 49.9 Å². The molecule has 0 radical (unpaired) electrons. The topological polar surface area (TPSA) is 172 Å². The molecule has 2 saturated carbocycles. The Morgan fingerprint density at radius 3 is 2.38 bits per heavy atom. The summed E-state index contributed by atoms with van der Waals surface area (Å²) in [4.78, 5) is 37.8. The third-order valence-electron chi connectivity index (χ3n) is 6.93. The SMILES string of the molecule is O=C(NC1CCCC1)C1(NS(=O)(=O)c2cc(Oc3c(Cl)cc(-n4nc(C(F)F)c(=O)[nH]c4=O)cc3Cl)ccc2O)CC1. The van der Waals surface area contributed by atoms with Gasteiger partial charge in [-0.1, -0.05) is 36.0 Å². The van der Waals surface area contributed by atoms with E-state index in [-0.39, 0.29) is 33.3 Å². The van der Waals surface area contributed by atoms with Gasteiger partial charge in [0.25, 0.3) is 12.0 Å². The van der Waals surface area contributed by atoms with Gasteiger partial charge in [-0.15, -0.1) is 0 Å². The molecule has 0 spiro atoms. The molecule has 1 aromatic heterocycles. The van der Waals surface area contributed by atoms with Gasteiger partial charge in [0.2, 0.25) is 15.9 Å². The Morgan fingerprint density at radius 2 is 1.79 bits per heavy atom. The second kappa shape index (κ2) is 11.3. The fraction of sp³-hybridized carbons (Fsp3) is 0.360. The molecule has 17 heteroatoms. The number of hydrogen-bond donors (Lipinski definition) is 4. The van der Waals surface area contributed by atoms with Gasteiger partial charge < -0.3 is 15.2 Å². The van der Waals surface area contributed by atoms with Crippen molar-refractivity contribution in [1.82, 2.24) is 24.8 Å². The lowest BCUT2D eigenvalue weighted by Crippen LogP contribution is -2.51. The molecule has 0 saturated heterocycles. The highest BCUT2D eigenvalue weighted by Crippen LogP contribution is 2.41. The minimum atomic E-state index is -4.41. The average Bonchev–Trinajstić information content (AvgIpc) is 3.50. The molecule has 3 aromatic rings. The second-order valence-electron chi connectivity index (χ2n) is 9.97. The Hall–Kier alpha value is -3.53. The highest BCUT2D eigenvalue weighted by atomic mass is 35.5. The number of benzene rings is 2. The predicted molar refractivity (Wildman–Crippen MR) is 146 cm³/mol. The number of amides is 1. The van der Waals surface area contributed by atoms with Gasteiger partial charge in [0.05, 0.1) is 15.7 Å². The van der Waals surface area contributed by atoms with Crippen LogP contribution in [0.1, 0.15) is 50.6 Å². The van der Waals surface area contributed by atoms with Gasteiger partial charge in [-0.2, -0.15) is 14.5 Å². The van der Waals surface area contributed by atoms with E-state index in [4.69, 9.17) is 27.9 Å². The van der Waals surface area contributed by atoms with Crippen LogP contribution in [0.15, 0.2) is 44.8 Å². The summed E-state index contributed by atoms with van der Waals surface area (Å²) >= 11 is 12.6. The van der Waals surface area contributed by atoms with Gasteiger partial charge in [-0.25, -0.2) is 22.0 Å². The van der Waals surface area contributed by atoms with Crippen LogP contribution in [0, 0.1) is 0 Å².